The molecule has 3 aromatic carbocycles. The SMILES string of the molecule is O=C(Cc1ccccc1)Nc1cncc(-c2ccc3[nH]nc(-c4cc5c(-c6ccsc6)cccc5[nH]4)c3c2)c1. The van der Waals surface area contributed by atoms with Crippen LogP contribution < -0.4 is 5.32 Å². The van der Waals surface area contributed by atoms with E-state index in [2.05, 4.69) is 72.6 Å². The average molecular weight is 526 g/mol. The van der Waals surface area contributed by atoms with Crippen molar-refractivity contribution in [2.24, 2.45) is 0 Å². The number of thiophene rings is 1. The summed E-state index contributed by atoms with van der Waals surface area (Å²) in [6.07, 6.45) is 3.79. The fourth-order valence-corrected chi connectivity index (χ4v) is 5.66. The third kappa shape index (κ3) is 4.49. The van der Waals surface area contributed by atoms with Crippen molar-refractivity contribution in [2.75, 3.05) is 5.32 Å². The number of amides is 1. The van der Waals surface area contributed by atoms with E-state index in [0.29, 0.717) is 12.1 Å². The Morgan fingerprint density at radius 2 is 1.74 bits per heavy atom. The Hall–Kier alpha value is -5.01. The van der Waals surface area contributed by atoms with Gasteiger partial charge >= 0.3 is 0 Å². The van der Waals surface area contributed by atoms with Gasteiger partial charge in [0.1, 0.15) is 5.69 Å². The van der Waals surface area contributed by atoms with Crippen LogP contribution in [-0.2, 0) is 11.2 Å². The molecule has 0 radical (unpaired) electrons. The fourth-order valence-electron chi connectivity index (χ4n) is 5.00. The molecule has 188 valence electrons. The summed E-state index contributed by atoms with van der Waals surface area (Å²) < 4.78 is 0. The number of aromatic nitrogens is 4. The lowest BCUT2D eigenvalue weighted by atomic mass is 10.0. The number of pyridine rings is 1. The molecule has 0 saturated heterocycles. The lowest BCUT2D eigenvalue weighted by Crippen LogP contribution is -2.14. The monoisotopic (exact) mass is 525 g/mol. The fraction of sp³-hybridized carbons (Fsp3) is 0.0312. The number of carbonyl (C=O) groups excluding carboxylic acids is 1. The second-order valence-corrected chi connectivity index (χ2v) is 10.2. The molecular weight excluding hydrogens is 502 g/mol. The first kappa shape index (κ1) is 23.1. The molecule has 0 atom stereocenters. The highest BCUT2D eigenvalue weighted by Gasteiger charge is 2.15. The van der Waals surface area contributed by atoms with Crippen LogP contribution in [0.3, 0.4) is 0 Å². The van der Waals surface area contributed by atoms with Gasteiger partial charge in [-0.2, -0.15) is 16.4 Å². The molecule has 4 heterocycles. The summed E-state index contributed by atoms with van der Waals surface area (Å²) in [6, 6.07) is 28.5. The largest absolute Gasteiger partial charge is 0.353 e. The molecule has 7 aromatic rings. The number of benzene rings is 3. The molecule has 6 nitrogen and oxygen atoms in total. The number of nitrogens with one attached hydrogen (secondary N) is 3. The van der Waals surface area contributed by atoms with E-state index < -0.39 is 0 Å². The maximum Gasteiger partial charge on any atom is 0.228 e. The van der Waals surface area contributed by atoms with Crippen LogP contribution in [0.4, 0.5) is 5.69 Å². The summed E-state index contributed by atoms with van der Waals surface area (Å²) in [5.74, 6) is -0.0756. The van der Waals surface area contributed by atoms with E-state index in [0.717, 1.165) is 44.5 Å². The molecule has 0 aliphatic rings. The van der Waals surface area contributed by atoms with E-state index >= 15 is 0 Å². The number of rotatable bonds is 6. The van der Waals surface area contributed by atoms with Crippen LogP contribution in [0.5, 0.6) is 0 Å². The zero-order valence-electron chi connectivity index (χ0n) is 20.8. The zero-order valence-corrected chi connectivity index (χ0v) is 21.6. The van der Waals surface area contributed by atoms with Crippen LogP contribution in [0, 0.1) is 0 Å². The van der Waals surface area contributed by atoms with Gasteiger partial charge in [0.05, 0.1) is 29.5 Å². The predicted octanol–water partition coefficient (Wildman–Crippen LogP) is 7.68. The van der Waals surface area contributed by atoms with Crippen molar-refractivity contribution in [3.8, 4) is 33.6 Å². The van der Waals surface area contributed by atoms with Gasteiger partial charge in [0.2, 0.25) is 5.91 Å². The Morgan fingerprint density at radius 1 is 0.821 bits per heavy atom. The van der Waals surface area contributed by atoms with Crippen LogP contribution in [0.15, 0.2) is 108 Å². The van der Waals surface area contributed by atoms with E-state index in [9.17, 15) is 4.79 Å². The molecule has 0 fully saturated rings. The normalized spacial score (nSPS) is 11.3. The highest BCUT2D eigenvalue weighted by Crippen LogP contribution is 2.36. The molecular formula is C32H23N5OS. The number of fused-ring (bicyclic) bond motifs is 2. The van der Waals surface area contributed by atoms with Crippen LogP contribution in [0.2, 0.25) is 0 Å². The number of hydrogen-bond acceptors (Lipinski definition) is 4. The minimum atomic E-state index is -0.0756. The van der Waals surface area contributed by atoms with E-state index in [1.807, 2.05) is 54.7 Å². The Morgan fingerprint density at radius 3 is 2.62 bits per heavy atom. The number of carbonyl (C=O) groups is 1. The van der Waals surface area contributed by atoms with Crippen LogP contribution >= 0.6 is 11.3 Å². The van der Waals surface area contributed by atoms with Crippen molar-refractivity contribution in [2.45, 2.75) is 6.42 Å². The predicted molar refractivity (Wildman–Crippen MR) is 159 cm³/mol. The van der Waals surface area contributed by atoms with Crippen molar-refractivity contribution in [3.05, 3.63) is 114 Å². The quantitative estimate of drug-likeness (QED) is 0.208. The molecule has 0 unspecified atom stereocenters. The van der Waals surface area contributed by atoms with Crippen molar-refractivity contribution in [1.29, 1.82) is 0 Å². The maximum absolute atomic E-state index is 12.6. The van der Waals surface area contributed by atoms with Crippen molar-refractivity contribution in [3.63, 3.8) is 0 Å². The molecule has 0 bridgehead atoms. The van der Waals surface area contributed by atoms with Crippen LogP contribution in [-0.4, -0.2) is 26.1 Å². The third-order valence-corrected chi connectivity index (χ3v) is 7.56. The number of aromatic amines is 2. The topological polar surface area (TPSA) is 86.5 Å². The van der Waals surface area contributed by atoms with Crippen LogP contribution in [0.1, 0.15) is 5.56 Å². The van der Waals surface area contributed by atoms with Crippen LogP contribution in [0.25, 0.3) is 55.4 Å². The van der Waals surface area contributed by atoms with Gasteiger partial charge in [-0.1, -0.05) is 48.5 Å². The maximum atomic E-state index is 12.6. The molecule has 39 heavy (non-hydrogen) atoms. The first-order valence-corrected chi connectivity index (χ1v) is 13.6. The van der Waals surface area contributed by atoms with E-state index in [4.69, 9.17) is 0 Å². The van der Waals surface area contributed by atoms with E-state index in [1.165, 1.54) is 16.5 Å². The van der Waals surface area contributed by atoms with Gasteiger partial charge in [-0.15, -0.1) is 0 Å². The van der Waals surface area contributed by atoms with Gasteiger partial charge in [0.15, 0.2) is 0 Å². The van der Waals surface area contributed by atoms with Crippen molar-refractivity contribution < 1.29 is 4.79 Å². The van der Waals surface area contributed by atoms with Gasteiger partial charge in [0.25, 0.3) is 0 Å². The average Bonchev–Trinajstić information content (AvgIpc) is 3.73. The number of anilines is 1. The van der Waals surface area contributed by atoms with Crippen molar-refractivity contribution >= 4 is 44.7 Å². The van der Waals surface area contributed by atoms with Gasteiger partial charge in [-0.05, 0) is 69.4 Å². The smallest absolute Gasteiger partial charge is 0.228 e. The molecule has 0 aliphatic heterocycles. The Bertz CT molecular complexity index is 1940. The number of nitrogens with zero attached hydrogens (tertiary/aromatic N) is 2. The molecule has 0 saturated carbocycles. The van der Waals surface area contributed by atoms with E-state index in [-0.39, 0.29) is 5.91 Å². The Labute approximate surface area is 228 Å². The first-order chi connectivity index (χ1) is 19.2. The first-order valence-electron chi connectivity index (χ1n) is 12.6. The lowest BCUT2D eigenvalue weighted by Gasteiger charge is -2.08. The molecule has 0 aliphatic carbocycles. The summed E-state index contributed by atoms with van der Waals surface area (Å²) in [6.45, 7) is 0. The van der Waals surface area contributed by atoms with Gasteiger partial charge < -0.3 is 10.3 Å². The second kappa shape index (κ2) is 9.70. The van der Waals surface area contributed by atoms with E-state index in [1.54, 1.807) is 17.5 Å². The third-order valence-electron chi connectivity index (χ3n) is 6.88. The molecule has 7 heteroatoms. The molecule has 7 rings (SSSR count). The lowest BCUT2D eigenvalue weighted by molar-refractivity contribution is -0.115. The summed E-state index contributed by atoms with van der Waals surface area (Å²) in [5.41, 5.74) is 9.80. The standard InChI is InChI=1S/C32H23N5OS/c38-31(13-20-5-2-1-3-6-20)34-24-14-23(17-33-18-24)21-9-10-29-27(15-21)32(37-36-29)30-16-26-25(22-11-12-39-19-22)7-4-8-28(26)35-30/h1-12,14-19,35H,13H2,(H,34,38)(H,36,37). The Balaban J connectivity index is 1.21. The van der Waals surface area contributed by atoms with Crippen molar-refractivity contribution in [1.82, 2.24) is 20.2 Å². The summed E-state index contributed by atoms with van der Waals surface area (Å²) in [4.78, 5) is 20.5. The molecule has 3 N–H and O–H groups in total. The van der Waals surface area contributed by atoms with Gasteiger partial charge in [-0.3, -0.25) is 14.9 Å². The van der Waals surface area contributed by atoms with Gasteiger partial charge in [0, 0.05) is 28.0 Å². The highest BCUT2D eigenvalue weighted by molar-refractivity contribution is 7.08. The summed E-state index contributed by atoms with van der Waals surface area (Å²) in [5, 5.41) is 17.3. The second-order valence-electron chi connectivity index (χ2n) is 9.47. The minimum absolute atomic E-state index is 0.0756. The molecule has 0 spiro atoms. The van der Waals surface area contributed by atoms with Gasteiger partial charge in [-0.25, -0.2) is 0 Å². The number of hydrogen-bond donors (Lipinski definition) is 3. The summed E-state index contributed by atoms with van der Waals surface area (Å²) >= 11 is 1.70. The number of H-pyrrole nitrogens is 2. The molecule has 1 amide bonds. The highest BCUT2D eigenvalue weighted by atomic mass is 32.1. The minimum Gasteiger partial charge on any atom is -0.353 e. The Kier molecular flexibility index (Phi) is 5.75. The molecule has 4 aromatic heterocycles. The zero-order chi connectivity index (χ0) is 26.2. The summed E-state index contributed by atoms with van der Waals surface area (Å²) in [7, 11) is 0.